The van der Waals surface area contributed by atoms with Crippen LogP contribution < -0.4 is 5.73 Å². The predicted octanol–water partition coefficient (Wildman–Crippen LogP) is 0.499. The molecule has 7 heteroatoms. The first-order valence-electron chi connectivity index (χ1n) is 4.90. The van der Waals surface area contributed by atoms with Crippen LogP contribution in [0.25, 0.3) is 0 Å². The quantitative estimate of drug-likeness (QED) is 0.792. The Morgan fingerprint density at radius 2 is 2.06 bits per heavy atom. The van der Waals surface area contributed by atoms with Gasteiger partial charge in [0.15, 0.2) is 9.84 Å². The molecule has 1 aromatic heterocycles. The van der Waals surface area contributed by atoms with E-state index in [0.717, 1.165) is 6.26 Å². The highest BCUT2D eigenvalue weighted by Crippen LogP contribution is 2.21. The summed E-state index contributed by atoms with van der Waals surface area (Å²) in [5.41, 5.74) is 5.75. The monoisotopic (exact) mass is 261 g/mol. The second kappa shape index (κ2) is 4.89. The molecule has 0 aliphatic rings. The molecule has 1 rings (SSSR count). The molecule has 2 N–H and O–H groups in total. The van der Waals surface area contributed by atoms with E-state index in [2.05, 4.69) is 4.74 Å². The van der Waals surface area contributed by atoms with Crippen molar-refractivity contribution in [3.05, 3.63) is 23.7 Å². The number of hydrogen-bond acceptors (Lipinski definition) is 6. The molecule has 1 aromatic rings. The number of furan rings is 1. The average molecular weight is 261 g/mol. The van der Waals surface area contributed by atoms with Crippen LogP contribution >= 0.6 is 0 Å². The lowest BCUT2D eigenvalue weighted by Crippen LogP contribution is -2.30. The number of sulfone groups is 1. The fraction of sp³-hybridized carbons (Fsp3) is 0.500. The number of ether oxygens (including phenoxy) is 1. The standard InChI is InChI=1S/C10H15NO5S/c1-6(17(3,13)14)9(11)7-4-5-8(16-7)10(12)15-2/h4-6,9H,11H2,1-3H3. The van der Waals surface area contributed by atoms with Gasteiger partial charge >= 0.3 is 5.97 Å². The van der Waals surface area contributed by atoms with Crippen molar-refractivity contribution in [2.45, 2.75) is 18.2 Å². The molecule has 0 saturated heterocycles. The summed E-state index contributed by atoms with van der Waals surface area (Å²) in [7, 11) is -2.04. The molecule has 1 heterocycles. The van der Waals surface area contributed by atoms with Gasteiger partial charge in [-0.3, -0.25) is 0 Å². The number of esters is 1. The van der Waals surface area contributed by atoms with E-state index in [0.29, 0.717) is 0 Å². The highest BCUT2D eigenvalue weighted by atomic mass is 32.2. The molecular weight excluding hydrogens is 246 g/mol. The van der Waals surface area contributed by atoms with Crippen LogP contribution in [0.3, 0.4) is 0 Å². The Morgan fingerprint density at radius 1 is 1.47 bits per heavy atom. The van der Waals surface area contributed by atoms with Gasteiger partial charge in [0.05, 0.1) is 18.4 Å². The van der Waals surface area contributed by atoms with Crippen LogP contribution in [0.2, 0.25) is 0 Å². The van der Waals surface area contributed by atoms with Crippen molar-refractivity contribution in [3.63, 3.8) is 0 Å². The topological polar surface area (TPSA) is 99.6 Å². The Hall–Kier alpha value is -1.34. The molecule has 17 heavy (non-hydrogen) atoms. The number of carbonyl (C=O) groups is 1. The average Bonchev–Trinajstić information content (AvgIpc) is 2.73. The number of hydrogen-bond donors (Lipinski definition) is 1. The second-order valence-electron chi connectivity index (χ2n) is 3.75. The Labute approximate surface area is 99.7 Å². The van der Waals surface area contributed by atoms with E-state index in [-0.39, 0.29) is 11.5 Å². The van der Waals surface area contributed by atoms with Crippen LogP contribution in [0.1, 0.15) is 29.3 Å². The molecule has 96 valence electrons. The van der Waals surface area contributed by atoms with Gasteiger partial charge in [0.25, 0.3) is 0 Å². The summed E-state index contributed by atoms with van der Waals surface area (Å²) in [5.74, 6) is -0.391. The molecule has 0 aliphatic heterocycles. The zero-order chi connectivity index (χ0) is 13.2. The summed E-state index contributed by atoms with van der Waals surface area (Å²) in [6, 6.07) is 2.05. The van der Waals surface area contributed by atoms with Gasteiger partial charge in [0, 0.05) is 6.26 Å². The highest BCUT2D eigenvalue weighted by molar-refractivity contribution is 7.91. The Balaban J connectivity index is 2.95. The number of nitrogens with two attached hydrogens (primary N) is 1. The Bertz CT molecular complexity index is 505. The first-order chi connectivity index (χ1) is 7.77. The van der Waals surface area contributed by atoms with Crippen LogP contribution in [0, 0.1) is 0 Å². The van der Waals surface area contributed by atoms with Gasteiger partial charge < -0.3 is 14.9 Å². The summed E-state index contributed by atoms with van der Waals surface area (Å²) in [4.78, 5) is 11.1. The molecule has 6 nitrogen and oxygen atoms in total. The molecule has 0 radical (unpaired) electrons. The van der Waals surface area contributed by atoms with E-state index >= 15 is 0 Å². The largest absolute Gasteiger partial charge is 0.463 e. The summed E-state index contributed by atoms with van der Waals surface area (Å²) in [6.45, 7) is 1.49. The maximum atomic E-state index is 11.3. The van der Waals surface area contributed by atoms with Crippen LogP contribution in [-0.4, -0.2) is 33.0 Å². The van der Waals surface area contributed by atoms with E-state index in [4.69, 9.17) is 10.2 Å². The number of rotatable bonds is 4. The molecule has 0 saturated carbocycles. The van der Waals surface area contributed by atoms with Crippen LogP contribution in [0.5, 0.6) is 0 Å². The third-order valence-corrected chi connectivity index (χ3v) is 4.17. The third-order valence-electron chi connectivity index (χ3n) is 2.52. The van der Waals surface area contributed by atoms with Crippen molar-refractivity contribution in [1.29, 1.82) is 0 Å². The van der Waals surface area contributed by atoms with Crippen LogP contribution in [-0.2, 0) is 14.6 Å². The minimum atomic E-state index is -3.27. The molecule has 0 fully saturated rings. The van der Waals surface area contributed by atoms with Gasteiger partial charge in [0.2, 0.25) is 5.76 Å². The minimum Gasteiger partial charge on any atom is -0.463 e. The predicted molar refractivity (Wildman–Crippen MR) is 61.3 cm³/mol. The van der Waals surface area contributed by atoms with Gasteiger partial charge in [-0.15, -0.1) is 0 Å². The van der Waals surface area contributed by atoms with Crippen molar-refractivity contribution in [2.75, 3.05) is 13.4 Å². The zero-order valence-electron chi connectivity index (χ0n) is 9.84. The molecule has 0 spiro atoms. The molecule has 2 unspecified atom stereocenters. The molecule has 0 amide bonds. The molecular formula is C10H15NO5S. The lowest BCUT2D eigenvalue weighted by atomic mass is 10.2. The maximum Gasteiger partial charge on any atom is 0.373 e. The highest BCUT2D eigenvalue weighted by Gasteiger charge is 2.27. The second-order valence-corrected chi connectivity index (χ2v) is 6.16. The van der Waals surface area contributed by atoms with Gasteiger partial charge in [-0.1, -0.05) is 0 Å². The SMILES string of the molecule is COC(=O)c1ccc(C(N)C(C)S(C)(=O)=O)o1. The Kier molecular flexibility index (Phi) is 3.94. The number of carbonyl (C=O) groups excluding carboxylic acids is 1. The van der Waals surface area contributed by atoms with E-state index in [1.165, 1.54) is 26.2 Å². The summed E-state index contributed by atoms with van der Waals surface area (Å²) in [6.07, 6.45) is 1.10. The minimum absolute atomic E-state index is 0.00125. The lowest BCUT2D eigenvalue weighted by molar-refractivity contribution is 0.0562. The van der Waals surface area contributed by atoms with E-state index in [1.807, 2.05) is 0 Å². The number of methoxy groups -OCH3 is 1. The smallest absolute Gasteiger partial charge is 0.373 e. The molecule has 2 atom stereocenters. The van der Waals surface area contributed by atoms with E-state index in [1.54, 1.807) is 0 Å². The van der Waals surface area contributed by atoms with Gasteiger partial charge in [-0.05, 0) is 19.1 Å². The Morgan fingerprint density at radius 3 is 2.53 bits per heavy atom. The van der Waals surface area contributed by atoms with Crippen LogP contribution in [0.15, 0.2) is 16.5 Å². The first-order valence-corrected chi connectivity index (χ1v) is 6.85. The molecule has 0 aromatic carbocycles. The van der Waals surface area contributed by atoms with Crippen molar-refractivity contribution in [3.8, 4) is 0 Å². The van der Waals surface area contributed by atoms with Gasteiger partial charge in [-0.25, -0.2) is 13.2 Å². The van der Waals surface area contributed by atoms with Gasteiger partial charge in [0.1, 0.15) is 5.76 Å². The fourth-order valence-electron chi connectivity index (χ4n) is 1.24. The maximum absolute atomic E-state index is 11.3. The normalized spacial score (nSPS) is 15.3. The van der Waals surface area contributed by atoms with Crippen molar-refractivity contribution >= 4 is 15.8 Å². The fourth-order valence-corrected chi connectivity index (χ4v) is 1.91. The van der Waals surface area contributed by atoms with Gasteiger partial charge in [-0.2, -0.15) is 0 Å². The zero-order valence-corrected chi connectivity index (χ0v) is 10.7. The summed E-state index contributed by atoms with van der Waals surface area (Å²) >= 11 is 0. The molecule has 0 bridgehead atoms. The van der Waals surface area contributed by atoms with Crippen molar-refractivity contribution in [1.82, 2.24) is 0 Å². The first kappa shape index (κ1) is 13.7. The van der Waals surface area contributed by atoms with E-state index < -0.39 is 27.1 Å². The molecule has 0 aliphatic carbocycles. The summed E-state index contributed by atoms with van der Waals surface area (Å²) < 4.78 is 32.3. The third kappa shape index (κ3) is 3.07. The lowest BCUT2D eigenvalue weighted by Gasteiger charge is -2.15. The van der Waals surface area contributed by atoms with Crippen LogP contribution in [0.4, 0.5) is 0 Å². The van der Waals surface area contributed by atoms with Crippen molar-refractivity contribution in [2.24, 2.45) is 5.73 Å². The summed E-state index contributed by atoms with van der Waals surface area (Å²) in [5, 5.41) is -0.792. The van der Waals surface area contributed by atoms with Crippen molar-refractivity contribution < 1.29 is 22.4 Å². The van der Waals surface area contributed by atoms with E-state index in [9.17, 15) is 13.2 Å².